The average Bonchev–Trinajstić information content (AvgIpc) is 3.18. The van der Waals surface area contributed by atoms with Crippen LogP contribution in [0.15, 0.2) is 22.5 Å². The van der Waals surface area contributed by atoms with Gasteiger partial charge in [-0.15, -0.1) is 11.3 Å². The summed E-state index contributed by atoms with van der Waals surface area (Å²) in [4.78, 5) is 8.32. The van der Waals surface area contributed by atoms with Gasteiger partial charge in [0.15, 0.2) is 5.96 Å². The summed E-state index contributed by atoms with van der Waals surface area (Å²) < 4.78 is 0. The van der Waals surface area contributed by atoms with E-state index in [9.17, 15) is 0 Å². The quantitative estimate of drug-likeness (QED) is 0.598. The summed E-state index contributed by atoms with van der Waals surface area (Å²) in [6.45, 7) is 10.1. The van der Waals surface area contributed by atoms with Crippen LogP contribution in [0.25, 0.3) is 0 Å². The van der Waals surface area contributed by atoms with E-state index in [1.165, 1.54) is 30.9 Å². The summed E-state index contributed by atoms with van der Waals surface area (Å²) >= 11 is 1.84. The minimum atomic E-state index is 0.610. The van der Waals surface area contributed by atoms with Crippen LogP contribution in [-0.2, 0) is 6.42 Å². The van der Waals surface area contributed by atoms with Crippen molar-refractivity contribution in [2.45, 2.75) is 26.7 Å². The first kappa shape index (κ1) is 17.3. The third-order valence-electron chi connectivity index (χ3n) is 4.35. The van der Waals surface area contributed by atoms with Gasteiger partial charge in [-0.2, -0.15) is 0 Å². The molecule has 0 spiro atoms. The van der Waals surface area contributed by atoms with E-state index in [1.807, 2.05) is 18.4 Å². The maximum Gasteiger partial charge on any atom is 0.190 e. The van der Waals surface area contributed by atoms with Gasteiger partial charge in [0.05, 0.1) is 0 Å². The number of hydrogen-bond donors (Lipinski definition) is 2. The smallest absolute Gasteiger partial charge is 0.190 e. The summed E-state index contributed by atoms with van der Waals surface area (Å²) in [5.41, 5.74) is 0. The minimum Gasteiger partial charge on any atom is -0.356 e. The zero-order chi connectivity index (χ0) is 15.8. The molecule has 0 aromatic carbocycles. The molecule has 4 nitrogen and oxygen atoms in total. The highest BCUT2D eigenvalue weighted by Crippen LogP contribution is 2.15. The van der Waals surface area contributed by atoms with Gasteiger partial charge < -0.3 is 15.5 Å². The van der Waals surface area contributed by atoms with Crippen LogP contribution in [0.1, 0.15) is 25.1 Å². The highest BCUT2D eigenvalue weighted by molar-refractivity contribution is 7.09. The first-order valence-corrected chi connectivity index (χ1v) is 9.28. The number of aliphatic imine (C=N–C) groups is 1. The summed E-state index contributed by atoms with van der Waals surface area (Å²) in [5.74, 6) is 2.30. The molecule has 0 bridgehead atoms. The van der Waals surface area contributed by atoms with Crippen LogP contribution < -0.4 is 10.6 Å². The predicted octanol–water partition coefficient (Wildman–Crippen LogP) is 2.43. The third kappa shape index (κ3) is 5.61. The van der Waals surface area contributed by atoms with E-state index in [0.717, 1.165) is 31.4 Å². The lowest BCUT2D eigenvalue weighted by molar-refractivity contribution is 0.341. The van der Waals surface area contributed by atoms with E-state index in [-0.39, 0.29) is 0 Å². The van der Waals surface area contributed by atoms with Crippen LogP contribution in [0.4, 0.5) is 0 Å². The molecule has 2 heterocycles. The Bertz CT molecular complexity index is 444. The van der Waals surface area contributed by atoms with E-state index in [2.05, 4.69) is 51.9 Å². The van der Waals surface area contributed by atoms with Gasteiger partial charge in [-0.1, -0.05) is 19.9 Å². The summed E-state index contributed by atoms with van der Waals surface area (Å²) in [7, 11) is 1.85. The zero-order valence-electron chi connectivity index (χ0n) is 14.1. The first-order valence-electron chi connectivity index (χ1n) is 8.40. The van der Waals surface area contributed by atoms with Gasteiger partial charge in [-0.3, -0.25) is 4.99 Å². The Balaban J connectivity index is 1.64. The van der Waals surface area contributed by atoms with Crippen molar-refractivity contribution in [2.24, 2.45) is 16.8 Å². The number of likely N-dealkylation sites (tertiary alicyclic amines) is 1. The molecule has 1 aliphatic heterocycles. The van der Waals surface area contributed by atoms with Crippen molar-refractivity contribution in [1.29, 1.82) is 0 Å². The Morgan fingerprint density at radius 3 is 3.00 bits per heavy atom. The van der Waals surface area contributed by atoms with Gasteiger partial charge in [0.1, 0.15) is 0 Å². The third-order valence-corrected chi connectivity index (χ3v) is 5.25. The van der Waals surface area contributed by atoms with Gasteiger partial charge in [0, 0.05) is 31.6 Å². The molecule has 0 saturated carbocycles. The Hall–Kier alpha value is -1.07. The SMILES string of the molecule is CCN1CCC(CNC(=NC)NCC(C)Cc2cccs2)C1. The maximum absolute atomic E-state index is 4.34. The lowest BCUT2D eigenvalue weighted by Gasteiger charge is -2.18. The van der Waals surface area contributed by atoms with Gasteiger partial charge in [0.25, 0.3) is 0 Å². The summed E-state index contributed by atoms with van der Waals surface area (Å²) in [6, 6.07) is 4.34. The second-order valence-corrected chi connectivity index (χ2v) is 7.30. The number of nitrogens with zero attached hydrogens (tertiary/aromatic N) is 2. The molecule has 2 N–H and O–H groups in total. The largest absolute Gasteiger partial charge is 0.356 e. The van der Waals surface area contributed by atoms with Crippen molar-refractivity contribution >= 4 is 17.3 Å². The van der Waals surface area contributed by atoms with Crippen molar-refractivity contribution in [3.8, 4) is 0 Å². The predicted molar refractivity (Wildman–Crippen MR) is 96.8 cm³/mol. The van der Waals surface area contributed by atoms with Crippen molar-refractivity contribution in [1.82, 2.24) is 15.5 Å². The monoisotopic (exact) mass is 322 g/mol. The molecule has 5 heteroatoms. The Kier molecular flexibility index (Phi) is 7.19. The molecule has 1 aromatic rings. The normalized spacial score (nSPS) is 21.0. The minimum absolute atomic E-state index is 0.610. The molecule has 1 saturated heterocycles. The fourth-order valence-electron chi connectivity index (χ4n) is 2.94. The van der Waals surface area contributed by atoms with Gasteiger partial charge in [-0.05, 0) is 49.2 Å². The maximum atomic E-state index is 4.34. The van der Waals surface area contributed by atoms with E-state index in [0.29, 0.717) is 5.92 Å². The molecule has 1 fully saturated rings. The number of nitrogens with one attached hydrogen (secondary N) is 2. The lowest BCUT2D eigenvalue weighted by atomic mass is 10.1. The summed E-state index contributed by atoms with van der Waals surface area (Å²) in [6.07, 6.45) is 2.43. The van der Waals surface area contributed by atoms with E-state index >= 15 is 0 Å². The van der Waals surface area contributed by atoms with Crippen molar-refractivity contribution in [3.05, 3.63) is 22.4 Å². The molecule has 1 aliphatic rings. The highest BCUT2D eigenvalue weighted by Gasteiger charge is 2.21. The van der Waals surface area contributed by atoms with E-state index < -0.39 is 0 Å². The average molecular weight is 323 g/mol. The van der Waals surface area contributed by atoms with Gasteiger partial charge in [-0.25, -0.2) is 0 Å². The fourth-order valence-corrected chi connectivity index (χ4v) is 3.81. The molecule has 22 heavy (non-hydrogen) atoms. The van der Waals surface area contributed by atoms with Gasteiger partial charge in [0.2, 0.25) is 0 Å². The topological polar surface area (TPSA) is 39.7 Å². The van der Waals surface area contributed by atoms with Crippen LogP contribution >= 0.6 is 11.3 Å². The second kappa shape index (κ2) is 9.16. The van der Waals surface area contributed by atoms with Crippen LogP contribution in [0.2, 0.25) is 0 Å². The Morgan fingerprint density at radius 2 is 2.36 bits per heavy atom. The number of thiophene rings is 1. The van der Waals surface area contributed by atoms with E-state index in [4.69, 9.17) is 0 Å². The molecule has 2 atom stereocenters. The van der Waals surface area contributed by atoms with Gasteiger partial charge >= 0.3 is 0 Å². The Labute approximate surface area is 139 Å². The first-order chi connectivity index (χ1) is 10.7. The molecule has 2 rings (SSSR count). The number of guanidine groups is 1. The summed E-state index contributed by atoms with van der Waals surface area (Å²) in [5, 5.41) is 9.10. The number of rotatable bonds is 7. The second-order valence-electron chi connectivity index (χ2n) is 6.27. The molecule has 0 amide bonds. The lowest BCUT2D eigenvalue weighted by Crippen LogP contribution is -2.42. The zero-order valence-corrected chi connectivity index (χ0v) is 15.0. The van der Waals surface area contributed by atoms with Crippen LogP contribution in [0.3, 0.4) is 0 Å². The Morgan fingerprint density at radius 1 is 1.50 bits per heavy atom. The molecule has 1 aromatic heterocycles. The molecule has 124 valence electrons. The van der Waals surface area contributed by atoms with Crippen LogP contribution in [0.5, 0.6) is 0 Å². The van der Waals surface area contributed by atoms with Crippen molar-refractivity contribution in [2.75, 3.05) is 39.8 Å². The highest BCUT2D eigenvalue weighted by atomic mass is 32.1. The molecule has 0 radical (unpaired) electrons. The van der Waals surface area contributed by atoms with Crippen molar-refractivity contribution < 1.29 is 0 Å². The van der Waals surface area contributed by atoms with E-state index in [1.54, 1.807) is 0 Å². The number of hydrogen-bond acceptors (Lipinski definition) is 3. The van der Waals surface area contributed by atoms with Crippen LogP contribution in [0, 0.1) is 11.8 Å². The van der Waals surface area contributed by atoms with Crippen molar-refractivity contribution in [3.63, 3.8) is 0 Å². The molecular formula is C17H30N4S. The fraction of sp³-hybridized carbons (Fsp3) is 0.706. The van der Waals surface area contributed by atoms with Crippen LogP contribution in [-0.4, -0.2) is 50.6 Å². The molecule has 2 unspecified atom stereocenters. The molecule has 0 aliphatic carbocycles. The molecular weight excluding hydrogens is 292 g/mol. The standard InChI is InChI=1S/C17H30N4S/c1-4-21-8-7-15(13-21)12-20-17(18-3)19-11-14(2)10-16-6-5-9-22-16/h5-6,9,14-15H,4,7-8,10-13H2,1-3H3,(H2,18,19,20).